The van der Waals surface area contributed by atoms with Crippen molar-refractivity contribution in [1.29, 1.82) is 0 Å². The fraction of sp³-hybridized carbons (Fsp3) is 0.500. The maximum absolute atomic E-state index is 10.6. The number of carbonyl (C=O) groups is 1. The average Bonchev–Trinajstić information content (AvgIpc) is 2.23. The van der Waals surface area contributed by atoms with E-state index in [1.807, 2.05) is 12.1 Å². The molecule has 0 spiro atoms. The molecule has 0 N–H and O–H groups in total. The van der Waals surface area contributed by atoms with Crippen LogP contribution in [0.5, 0.6) is 0 Å². The van der Waals surface area contributed by atoms with Gasteiger partial charge in [-0.25, -0.2) is 0 Å². The molecule has 2 rings (SSSR count). The van der Waals surface area contributed by atoms with E-state index in [0.717, 1.165) is 11.8 Å². The zero-order valence-electron chi connectivity index (χ0n) is 10.0. The van der Waals surface area contributed by atoms with Gasteiger partial charge < -0.3 is 4.90 Å². The molecular formula is C14H19NO. The molecule has 1 aliphatic carbocycles. The van der Waals surface area contributed by atoms with Crippen LogP contribution in [0.1, 0.15) is 43.5 Å². The van der Waals surface area contributed by atoms with E-state index in [-0.39, 0.29) is 0 Å². The quantitative estimate of drug-likeness (QED) is 0.721. The van der Waals surface area contributed by atoms with Crippen LogP contribution < -0.4 is 4.90 Å². The summed E-state index contributed by atoms with van der Waals surface area (Å²) < 4.78 is 0. The van der Waals surface area contributed by atoms with Crippen LogP contribution in [-0.4, -0.2) is 18.4 Å². The Morgan fingerprint density at radius 2 is 1.88 bits per heavy atom. The molecule has 1 saturated carbocycles. The lowest BCUT2D eigenvalue weighted by molar-refractivity contribution is 0.112. The summed E-state index contributed by atoms with van der Waals surface area (Å²) in [6, 6.07) is 9.13. The van der Waals surface area contributed by atoms with E-state index in [1.165, 1.54) is 24.9 Å². The molecule has 86 valence electrons. The van der Waals surface area contributed by atoms with Gasteiger partial charge in [-0.15, -0.1) is 0 Å². The Morgan fingerprint density at radius 1 is 1.25 bits per heavy atom. The first-order chi connectivity index (χ1) is 7.72. The molecule has 0 saturated heterocycles. The number of anilines is 1. The Balaban J connectivity index is 2.20. The summed E-state index contributed by atoms with van der Waals surface area (Å²) in [4.78, 5) is 13.1. The van der Waals surface area contributed by atoms with Gasteiger partial charge in [-0.2, -0.15) is 0 Å². The van der Waals surface area contributed by atoms with Crippen LogP contribution in [0.25, 0.3) is 0 Å². The first kappa shape index (κ1) is 11.2. The topological polar surface area (TPSA) is 20.3 Å². The first-order valence-electron chi connectivity index (χ1n) is 6.06. The molecule has 0 atom stereocenters. The van der Waals surface area contributed by atoms with Crippen molar-refractivity contribution in [3.63, 3.8) is 0 Å². The van der Waals surface area contributed by atoms with E-state index in [0.29, 0.717) is 12.1 Å². The molecule has 0 aromatic heterocycles. The fourth-order valence-electron chi connectivity index (χ4n) is 2.32. The highest BCUT2D eigenvalue weighted by molar-refractivity contribution is 5.75. The van der Waals surface area contributed by atoms with Crippen molar-refractivity contribution in [2.24, 2.45) is 0 Å². The zero-order chi connectivity index (χ0) is 11.5. The van der Waals surface area contributed by atoms with Crippen LogP contribution in [0.4, 0.5) is 5.69 Å². The molecule has 0 unspecified atom stereocenters. The molecule has 2 heteroatoms. The van der Waals surface area contributed by atoms with Gasteiger partial charge in [0.05, 0.1) is 0 Å². The minimum atomic E-state index is 0.521. The lowest BCUT2D eigenvalue weighted by Crippen LogP contribution is -2.44. The molecule has 0 bridgehead atoms. The normalized spacial score (nSPS) is 15.9. The van der Waals surface area contributed by atoms with Gasteiger partial charge in [-0.3, -0.25) is 4.79 Å². The molecule has 1 aromatic rings. The fourth-order valence-corrected chi connectivity index (χ4v) is 2.32. The average molecular weight is 217 g/mol. The number of nitrogens with zero attached hydrogens (tertiary/aromatic N) is 1. The van der Waals surface area contributed by atoms with Crippen LogP contribution >= 0.6 is 0 Å². The number of hydrogen-bond donors (Lipinski definition) is 0. The summed E-state index contributed by atoms with van der Waals surface area (Å²) in [5.41, 5.74) is 1.99. The maximum Gasteiger partial charge on any atom is 0.150 e. The molecule has 0 radical (unpaired) electrons. The molecule has 0 aliphatic heterocycles. The summed E-state index contributed by atoms with van der Waals surface area (Å²) in [5.74, 6) is 0. The van der Waals surface area contributed by atoms with Crippen LogP contribution in [-0.2, 0) is 0 Å². The third-order valence-electron chi connectivity index (χ3n) is 3.35. The third kappa shape index (κ3) is 2.11. The van der Waals surface area contributed by atoms with Crippen molar-refractivity contribution in [2.45, 2.75) is 45.2 Å². The smallest absolute Gasteiger partial charge is 0.150 e. The minimum Gasteiger partial charge on any atom is -0.366 e. The summed E-state index contributed by atoms with van der Waals surface area (Å²) in [5, 5.41) is 0. The highest BCUT2D eigenvalue weighted by atomic mass is 16.1. The third-order valence-corrected chi connectivity index (χ3v) is 3.35. The summed E-state index contributed by atoms with van der Waals surface area (Å²) in [6.07, 6.45) is 4.84. The number of rotatable bonds is 4. The molecular weight excluding hydrogens is 198 g/mol. The van der Waals surface area contributed by atoms with Gasteiger partial charge in [0.1, 0.15) is 6.29 Å². The van der Waals surface area contributed by atoms with Crippen LogP contribution in [0.15, 0.2) is 24.3 Å². The second kappa shape index (κ2) is 4.69. The highest BCUT2D eigenvalue weighted by Gasteiger charge is 2.26. The number of aldehydes is 1. The summed E-state index contributed by atoms with van der Waals surface area (Å²) in [7, 11) is 0. The van der Waals surface area contributed by atoms with Crippen molar-refractivity contribution < 1.29 is 4.79 Å². The SMILES string of the molecule is CC(C)N(c1ccc(C=O)cc1)C1CCC1. The van der Waals surface area contributed by atoms with Crippen LogP contribution in [0, 0.1) is 0 Å². The molecule has 0 amide bonds. The summed E-state index contributed by atoms with van der Waals surface area (Å²) >= 11 is 0. The van der Waals surface area contributed by atoms with E-state index in [2.05, 4.69) is 30.9 Å². The Bertz CT molecular complexity index is 352. The van der Waals surface area contributed by atoms with Gasteiger partial charge >= 0.3 is 0 Å². The first-order valence-corrected chi connectivity index (χ1v) is 6.06. The summed E-state index contributed by atoms with van der Waals surface area (Å²) in [6.45, 7) is 4.46. The lowest BCUT2D eigenvalue weighted by Gasteiger charge is -2.42. The molecule has 1 aromatic carbocycles. The van der Waals surface area contributed by atoms with E-state index in [9.17, 15) is 4.79 Å². The van der Waals surface area contributed by atoms with Gasteiger partial charge in [0.25, 0.3) is 0 Å². The second-order valence-electron chi connectivity index (χ2n) is 4.80. The molecule has 0 heterocycles. The van der Waals surface area contributed by atoms with E-state index in [1.54, 1.807) is 0 Å². The standard InChI is InChI=1S/C14H19NO/c1-11(2)15(13-4-3-5-13)14-8-6-12(10-16)7-9-14/h6-11,13H,3-5H2,1-2H3. The minimum absolute atomic E-state index is 0.521. The Labute approximate surface area is 97.3 Å². The molecule has 16 heavy (non-hydrogen) atoms. The Morgan fingerprint density at radius 3 is 2.25 bits per heavy atom. The zero-order valence-corrected chi connectivity index (χ0v) is 10.0. The molecule has 1 aliphatic rings. The largest absolute Gasteiger partial charge is 0.366 e. The van der Waals surface area contributed by atoms with Gasteiger partial charge in [-0.05, 0) is 57.4 Å². The van der Waals surface area contributed by atoms with E-state index >= 15 is 0 Å². The second-order valence-corrected chi connectivity index (χ2v) is 4.80. The van der Waals surface area contributed by atoms with Gasteiger partial charge in [0.2, 0.25) is 0 Å². The van der Waals surface area contributed by atoms with Crippen LogP contribution in [0.2, 0.25) is 0 Å². The van der Waals surface area contributed by atoms with E-state index in [4.69, 9.17) is 0 Å². The van der Waals surface area contributed by atoms with Crippen molar-refractivity contribution in [2.75, 3.05) is 4.90 Å². The predicted octanol–water partition coefficient (Wildman–Crippen LogP) is 3.27. The highest BCUT2D eigenvalue weighted by Crippen LogP contribution is 2.31. The van der Waals surface area contributed by atoms with Crippen molar-refractivity contribution in [3.05, 3.63) is 29.8 Å². The van der Waals surface area contributed by atoms with E-state index < -0.39 is 0 Å². The monoisotopic (exact) mass is 217 g/mol. The van der Waals surface area contributed by atoms with Crippen molar-refractivity contribution in [1.82, 2.24) is 0 Å². The molecule has 2 nitrogen and oxygen atoms in total. The van der Waals surface area contributed by atoms with Gasteiger partial charge in [0.15, 0.2) is 0 Å². The van der Waals surface area contributed by atoms with Crippen molar-refractivity contribution >= 4 is 12.0 Å². The number of carbonyl (C=O) groups excluding carboxylic acids is 1. The lowest BCUT2D eigenvalue weighted by atomic mass is 9.90. The van der Waals surface area contributed by atoms with Gasteiger partial charge in [-0.1, -0.05) is 0 Å². The predicted molar refractivity (Wildman–Crippen MR) is 67.1 cm³/mol. The van der Waals surface area contributed by atoms with Gasteiger partial charge in [0, 0.05) is 23.3 Å². The number of benzene rings is 1. The Kier molecular flexibility index (Phi) is 3.28. The Hall–Kier alpha value is -1.31. The van der Waals surface area contributed by atoms with Crippen molar-refractivity contribution in [3.8, 4) is 0 Å². The molecule has 1 fully saturated rings. The maximum atomic E-state index is 10.6. The number of hydrogen-bond acceptors (Lipinski definition) is 2. The van der Waals surface area contributed by atoms with Crippen LogP contribution in [0.3, 0.4) is 0 Å².